The van der Waals surface area contributed by atoms with Crippen molar-refractivity contribution < 1.29 is 37.0 Å². The van der Waals surface area contributed by atoms with E-state index in [2.05, 4.69) is 17.2 Å². The monoisotopic (exact) mass is 546 g/mol. The third-order valence-corrected chi connectivity index (χ3v) is 6.04. The van der Waals surface area contributed by atoms with E-state index >= 15 is 0 Å². The number of nitrogens with zero attached hydrogens (tertiary/aromatic N) is 1. The van der Waals surface area contributed by atoms with E-state index in [0.717, 1.165) is 37.1 Å². The highest BCUT2D eigenvalue weighted by atomic mass is 19.4. The summed E-state index contributed by atoms with van der Waals surface area (Å²) in [5, 5.41) is 12.1. The maximum atomic E-state index is 14.3. The Labute approximate surface area is 224 Å². The Morgan fingerprint density at radius 3 is 2.36 bits per heavy atom. The number of nitrogens with one attached hydrogen (secondary N) is 1. The van der Waals surface area contributed by atoms with Crippen LogP contribution in [0.4, 0.5) is 23.2 Å². The van der Waals surface area contributed by atoms with Crippen molar-refractivity contribution in [3.63, 3.8) is 0 Å². The van der Waals surface area contributed by atoms with Crippen LogP contribution in [0.25, 0.3) is 11.3 Å². The molecule has 0 aliphatic heterocycles. The molecule has 1 heterocycles. The summed E-state index contributed by atoms with van der Waals surface area (Å²) in [6.45, 7) is 2.37. The molecule has 0 spiro atoms. The first-order valence-electron chi connectivity index (χ1n) is 12.6. The van der Waals surface area contributed by atoms with Gasteiger partial charge in [0, 0.05) is 29.7 Å². The van der Waals surface area contributed by atoms with Gasteiger partial charge in [-0.15, -0.1) is 0 Å². The Bertz CT molecular complexity index is 1250. The van der Waals surface area contributed by atoms with E-state index in [4.69, 9.17) is 9.84 Å². The Morgan fingerprint density at radius 2 is 1.77 bits per heavy atom. The van der Waals surface area contributed by atoms with Gasteiger partial charge in [-0.2, -0.15) is 13.2 Å². The number of anilines is 1. The van der Waals surface area contributed by atoms with Crippen LogP contribution in [-0.4, -0.2) is 34.5 Å². The van der Waals surface area contributed by atoms with Gasteiger partial charge in [0.1, 0.15) is 18.2 Å². The number of aliphatic carboxylic acids is 1. The van der Waals surface area contributed by atoms with Crippen LogP contribution < -0.4 is 10.1 Å². The van der Waals surface area contributed by atoms with Crippen LogP contribution in [0.1, 0.15) is 61.4 Å². The van der Waals surface area contributed by atoms with Crippen molar-refractivity contribution in [2.75, 3.05) is 11.9 Å². The van der Waals surface area contributed by atoms with Crippen molar-refractivity contribution >= 4 is 17.4 Å². The zero-order chi connectivity index (χ0) is 28.4. The number of carboxylic acid groups (broad SMARTS) is 1. The molecule has 0 saturated carbocycles. The number of halogens is 4. The number of Topliss-reactive ketones (excluding diaryl/α,β-unsaturated/α-hetero) is 1. The smallest absolute Gasteiger partial charge is 0.416 e. The third kappa shape index (κ3) is 9.08. The molecule has 1 aromatic heterocycles. The molecule has 3 aromatic rings. The van der Waals surface area contributed by atoms with Crippen molar-refractivity contribution in [3.05, 3.63) is 77.7 Å². The van der Waals surface area contributed by atoms with Gasteiger partial charge in [0.05, 0.1) is 23.5 Å². The van der Waals surface area contributed by atoms with Crippen LogP contribution in [0, 0.1) is 5.82 Å². The highest BCUT2D eigenvalue weighted by Crippen LogP contribution is 2.32. The van der Waals surface area contributed by atoms with Gasteiger partial charge in [-0.3, -0.25) is 14.6 Å². The molecule has 39 heavy (non-hydrogen) atoms. The van der Waals surface area contributed by atoms with Gasteiger partial charge in [0.15, 0.2) is 5.78 Å². The largest absolute Gasteiger partial charge is 0.490 e. The average molecular weight is 547 g/mol. The second kappa shape index (κ2) is 13.7. The molecule has 0 saturated heterocycles. The minimum Gasteiger partial charge on any atom is -0.490 e. The third-order valence-electron chi connectivity index (χ3n) is 6.04. The number of benzene rings is 2. The molecule has 0 amide bonds. The maximum absolute atomic E-state index is 14.3. The van der Waals surface area contributed by atoms with Crippen LogP contribution in [0.5, 0.6) is 5.75 Å². The van der Waals surface area contributed by atoms with Gasteiger partial charge in [-0.05, 0) is 67.4 Å². The van der Waals surface area contributed by atoms with E-state index < -0.39 is 23.5 Å². The van der Waals surface area contributed by atoms with E-state index in [9.17, 15) is 27.2 Å². The number of rotatable bonds is 14. The number of carbonyl (C=O) groups is 2. The fourth-order valence-electron chi connectivity index (χ4n) is 3.90. The predicted octanol–water partition coefficient (Wildman–Crippen LogP) is 7.39. The molecular formula is C29H30F4N2O4. The SMILES string of the molecule is CCCC[C@@H](COc1ccc(-c2ccc(C(F)(F)F)cc2F)nc1)Nc1ccc(C(=O)CCCC(=O)O)cc1. The number of alkyl halides is 3. The van der Waals surface area contributed by atoms with Crippen molar-refractivity contribution in [1.29, 1.82) is 0 Å². The molecular weight excluding hydrogens is 516 g/mol. The van der Waals surface area contributed by atoms with E-state index in [0.29, 0.717) is 30.4 Å². The summed E-state index contributed by atoms with van der Waals surface area (Å²) < 4.78 is 58.6. The molecule has 0 aliphatic carbocycles. The fourth-order valence-corrected chi connectivity index (χ4v) is 3.90. The van der Waals surface area contributed by atoms with Gasteiger partial charge in [0.2, 0.25) is 0 Å². The minimum atomic E-state index is -4.63. The van der Waals surface area contributed by atoms with E-state index in [1.165, 1.54) is 12.3 Å². The minimum absolute atomic E-state index is 0.0409. The maximum Gasteiger partial charge on any atom is 0.416 e. The lowest BCUT2D eigenvalue weighted by atomic mass is 10.0. The summed E-state index contributed by atoms with van der Waals surface area (Å²) in [5.74, 6) is -1.62. The number of carboxylic acids is 1. The van der Waals surface area contributed by atoms with Crippen molar-refractivity contribution in [3.8, 4) is 17.0 Å². The van der Waals surface area contributed by atoms with Crippen molar-refractivity contribution in [1.82, 2.24) is 4.98 Å². The molecule has 2 N–H and O–H groups in total. The molecule has 0 unspecified atom stereocenters. The summed E-state index contributed by atoms with van der Waals surface area (Å²) in [6.07, 6.45) is -0.0698. The summed E-state index contributed by atoms with van der Waals surface area (Å²) >= 11 is 0. The molecule has 10 heteroatoms. The second-order valence-corrected chi connectivity index (χ2v) is 9.11. The quantitative estimate of drug-likeness (QED) is 0.162. The van der Waals surface area contributed by atoms with Crippen LogP contribution in [0.2, 0.25) is 0 Å². The number of carbonyl (C=O) groups excluding carboxylic acids is 1. The number of pyridine rings is 1. The highest BCUT2D eigenvalue weighted by molar-refractivity contribution is 5.96. The van der Waals surface area contributed by atoms with Gasteiger partial charge < -0.3 is 15.2 Å². The average Bonchev–Trinajstić information content (AvgIpc) is 2.90. The Kier molecular flexibility index (Phi) is 10.4. The summed E-state index contributed by atoms with van der Waals surface area (Å²) in [7, 11) is 0. The summed E-state index contributed by atoms with van der Waals surface area (Å²) in [6, 6.07) is 12.3. The van der Waals surface area contributed by atoms with E-state index in [1.807, 2.05) is 0 Å². The van der Waals surface area contributed by atoms with Crippen LogP contribution in [0.3, 0.4) is 0 Å². The normalized spacial score (nSPS) is 12.1. The van der Waals surface area contributed by atoms with Crippen molar-refractivity contribution in [2.45, 2.75) is 57.7 Å². The first-order chi connectivity index (χ1) is 18.6. The Balaban J connectivity index is 1.59. The summed E-state index contributed by atoms with van der Waals surface area (Å²) in [5.41, 5.74) is 0.398. The molecule has 0 fully saturated rings. The lowest BCUT2D eigenvalue weighted by molar-refractivity contribution is -0.138. The van der Waals surface area contributed by atoms with Crippen LogP contribution >= 0.6 is 0 Å². The van der Waals surface area contributed by atoms with Crippen LogP contribution in [0.15, 0.2) is 60.8 Å². The van der Waals surface area contributed by atoms with Gasteiger partial charge >= 0.3 is 12.1 Å². The number of unbranched alkanes of at least 4 members (excludes halogenated alkanes) is 1. The van der Waals surface area contributed by atoms with Gasteiger partial charge in [-0.1, -0.05) is 19.8 Å². The lowest BCUT2D eigenvalue weighted by Gasteiger charge is -2.20. The number of ether oxygens (including phenoxy) is 1. The van der Waals surface area contributed by atoms with Gasteiger partial charge in [-0.25, -0.2) is 4.39 Å². The van der Waals surface area contributed by atoms with Gasteiger partial charge in [0.25, 0.3) is 0 Å². The number of ketones is 1. The number of aromatic nitrogens is 1. The molecule has 208 valence electrons. The summed E-state index contributed by atoms with van der Waals surface area (Å²) in [4.78, 5) is 27.0. The predicted molar refractivity (Wildman–Crippen MR) is 139 cm³/mol. The Morgan fingerprint density at radius 1 is 1.03 bits per heavy atom. The molecule has 2 aromatic carbocycles. The topological polar surface area (TPSA) is 88.5 Å². The lowest BCUT2D eigenvalue weighted by Crippen LogP contribution is -2.27. The molecule has 0 radical (unpaired) electrons. The first kappa shape index (κ1) is 29.6. The zero-order valence-corrected chi connectivity index (χ0v) is 21.4. The molecule has 0 bridgehead atoms. The molecule has 1 atom stereocenters. The zero-order valence-electron chi connectivity index (χ0n) is 21.4. The van der Waals surface area contributed by atoms with E-state index in [1.54, 1.807) is 30.3 Å². The number of hydrogen-bond acceptors (Lipinski definition) is 5. The standard InChI is InChI=1S/C29H30F4N2O4/c1-2-3-5-22(35-21-11-8-19(9-12-21)27(36)6-4-7-28(37)38)18-39-23-13-15-26(34-17-23)24-14-10-20(16-25(24)30)29(31,32)33/h8-17,22,35H,2-7,18H2,1H3,(H,37,38)/t22-/m0/s1. The Hall–Kier alpha value is -3.95. The first-order valence-corrected chi connectivity index (χ1v) is 12.6. The van der Waals surface area contributed by atoms with E-state index in [-0.39, 0.29) is 35.9 Å². The molecule has 0 aliphatic rings. The molecule has 6 nitrogen and oxygen atoms in total. The number of hydrogen-bond donors (Lipinski definition) is 2. The molecule has 3 rings (SSSR count). The second-order valence-electron chi connectivity index (χ2n) is 9.11. The van der Waals surface area contributed by atoms with Crippen molar-refractivity contribution in [2.24, 2.45) is 0 Å². The highest BCUT2D eigenvalue weighted by Gasteiger charge is 2.31. The fraction of sp³-hybridized carbons (Fsp3) is 0.345. The van der Waals surface area contributed by atoms with Crippen LogP contribution in [-0.2, 0) is 11.0 Å².